The number of halogens is 1. The SMILES string of the molecule is COCCOc1ccc(F)cc1S(=O)(=O)N[C@H](C)C(=O)O. The van der Waals surface area contributed by atoms with E-state index in [1.54, 1.807) is 0 Å². The van der Waals surface area contributed by atoms with Gasteiger partial charge in [0, 0.05) is 7.11 Å². The van der Waals surface area contributed by atoms with Gasteiger partial charge in [-0.2, -0.15) is 4.72 Å². The summed E-state index contributed by atoms with van der Waals surface area (Å²) in [4.78, 5) is 10.3. The lowest BCUT2D eigenvalue weighted by molar-refractivity contribution is -0.138. The van der Waals surface area contributed by atoms with E-state index < -0.39 is 32.7 Å². The number of methoxy groups -OCH3 is 1. The first-order chi connectivity index (χ1) is 9.77. The van der Waals surface area contributed by atoms with Crippen molar-refractivity contribution in [1.82, 2.24) is 4.72 Å². The Morgan fingerprint density at radius 3 is 2.67 bits per heavy atom. The summed E-state index contributed by atoms with van der Waals surface area (Å²) < 4.78 is 49.4. The first-order valence-corrected chi connectivity index (χ1v) is 7.42. The molecule has 1 atom stereocenters. The predicted octanol–water partition coefficient (Wildman–Crippen LogP) is 0.602. The number of carbonyl (C=O) groups is 1. The number of nitrogens with one attached hydrogen (secondary N) is 1. The summed E-state index contributed by atoms with van der Waals surface area (Å²) >= 11 is 0. The molecule has 1 aromatic carbocycles. The van der Waals surface area contributed by atoms with Crippen LogP contribution >= 0.6 is 0 Å². The predicted molar refractivity (Wildman–Crippen MR) is 71.2 cm³/mol. The van der Waals surface area contributed by atoms with Crippen molar-refractivity contribution in [3.05, 3.63) is 24.0 Å². The number of benzene rings is 1. The number of aliphatic carboxylic acids is 1. The highest BCUT2D eigenvalue weighted by Crippen LogP contribution is 2.25. The minimum absolute atomic E-state index is 0.0686. The molecule has 118 valence electrons. The van der Waals surface area contributed by atoms with E-state index in [1.807, 2.05) is 4.72 Å². The molecule has 0 bridgehead atoms. The number of sulfonamides is 1. The van der Waals surface area contributed by atoms with E-state index in [4.69, 9.17) is 14.6 Å². The van der Waals surface area contributed by atoms with Gasteiger partial charge in [0.25, 0.3) is 0 Å². The third kappa shape index (κ3) is 4.96. The summed E-state index contributed by atoms with van der Waals surface area (Å²) in [6.45, 7) is 1.44. The maximum Gasteiger partial charge on any atom is 0.321 e. The van der Waals surface area contributed by atoms with Gasteiger partial charge in [0.2, 0.25) is 10.0 Å². The van der Waals surface area contributed by atoms with Crippen LogP contribution in [0.2, 0.25) is 0 Å². The molecule has 1 rings (SSSR count). The summed E-state index contributed by atoms with van der Waals surface area (Å²) in [5.74, 6) is -2.21. The van der Waals surface area contributed by atoms with Crippen molar-refractivity contribution in [2.24, 2.45) is 0 Å². The van der Waals surface area contributed by atoms with Gasteiger partial charge in [-0.05, 0) is 25.1 Å². The van der Waals surface area contributed by atoms with Crippen LogP contribution in [0.1, 0.15) is 6.92 Å². The smallest absolute Gasteiger partial charge is 0.321 e. The molecule has 0 aliphatic heterocycles. The molecule has 0 saturated carbocycles. The highest BCUT2D eigenvalue weighted by atomic mass is 32.2. The minimum Gasteiger partial charge on any atom is -0.490 e. The Morgan fingerprint density at radius 1 is 1.43 bits per heavy atom. The second-order valence-electron chi connectivity index (χ2n) is 4.11. The van der Waals surface area contributed by atoms with E-state index in [0.29, 0.717) is 0 Å². The molecule has 1 aromatic rings. The summed E-state index contributed by atoms with van der Waals surface area (Å²) in [6.07, 6.45) is 0. The molecule has 0 heterocycles. The minimum atomic E-state index is -4.23. The lowest BCUT2D eigenvalue weighted by Crippen LogP contribution is -2.38. The average Bonchev–Trinajstić information content (AvgIpc) is 2.40. The van der Waals surface area contributed by atoms with Crippen LogP contribution in [0.4, 0.5) is 4.39 Å². The average molecular weight is 321 g/mol. The molecule has 0 spiro atoms. The molecule has 0 radical (unpaired) electrons. The number of rotatable bonds is 8. The highest BCUT2D eigenvalue weighted by Gasteiger charge is 2.25. The largest absolute Gasteiger partial charge is 0.490 e. The number of hydrogen-bond acceptors (Lipinski definition) is 5. The lowest BCUT2D eigenvalue weighted by Gasteiger charge is -2.14. The van der Waals surface area contributed by atoms with E-state index in [2.05, 4.69) is 0 Å². The van der Waals surface area contributed by atoms with E-state index in [9.17, 15) is 17.6 Å². The molecule has 0 aliphatic carbocycles. The van der Waals surface area contributed by atoms with E-state index in [0.717, 1.165) is 25.1 Å². The Morgan fingerprint density at radius 2 is 2.10 bits per heavy atom. The standard InChI is InChI=1S/C12H16FNO6S/c1-8(12(15)16)14-21(17,18)11-7-9(13)3-4-10(11)20-6-5-19-2/h3-4,7-8,14H,5-6H2,1-2H3,(H,15,16)/t8-/m1/s1. The van der Waals surface area contributed by atoms with Gasteiger partial charge in [0.05, 0.1) is 6.61 Å². The fraction of sp³-hybridized carbons (Fsp3) is 0.417. The Kier molecular flexibility index (Phi) is 6.06. The molecule has 7 nitrogen and oxygen atoms in total. The van der Waals surface area contributed by atoms with Crippen LogP contribution in [-0.2, 0) is 19.6 Å². The van der Waals surface area contributed by atoms with Gasteiger partial charge < -0.3 is 14.6 Å². The van der Waals surface area contributed by atoms with E-state index in [-0.39, 0.29) is 19.0 Å². The van der Waals surface area contributed by atoms with Crippen LogP contribution in [0.3, 0.4) is 0 Å². The van der Waals surface area contributed by atoms with Crippen LogP contribution in [0, 0.1) is 5.82 Å². The second kappa shape index (κ2) is 7.34. The van der Waals surface area contributed by atoms with Crippen molar-refractivity contribution in [3.63, 3.8) is 0 Å². The van der Waals surface area contributed by atoms with Gasteiger partial charge in [-0.1, -0.05) is 0 Å². The van der Waals surface area contributed by atoms with Gasteiger partial charge in [0.15, 0.2) is 0 Å². The zero-order valence-corrected chi connectivity index (χ0v) is 12.3. The van der Waals surface area contributed by atoms with Crippen LogP contribution in [0.5, 0.6) is 5.75 Å². The summed E-state index contributed by atoms with van der Waals surface area (Å²) in [5, 5.41) is 8.74. The molecule has 0 fully saturated rings. The third-order valence-corrected chi connectivity index (χ3v) is 4.00. The fourth-order valence-corrected chi connectivity index (χ4v) is 2.75. The second-order valence-corrected chi connectivity index (χ2v) is 5.80. The molecule has 0 amide bonds. The summed E-state index contributed by atoms with van der Waals surface area (Å²) in [5.41, 5.74) is 0. The number of ether oxygens (including phenoxy) is 2. The number of hydrogen-bond donors (Lipinski definition) is 2. The van der Waals surface area contributed by atoms with Crippen LogP contribution in [0.25, 0.3) is 0 Å². The fourth-order valence-electron chi connectivity index (χ4n) is 1.39. The zero-order chi connectivity index (χ0) is 16.0. The Labute approximate surface area is 121 Å². The number of carboxylic acid groups (broad SMARTS) is 1. The normalized spacial score (nSPS) is 12.9. The van der Waals surface area contributed by atoms with Crippen molar-refractivity contribution in [3.8, 4) is 5.75 Å². The molecule has 21 heavy (non-hydrogen) atoms. The van der Waals surface area contributed by atoms with Gasteiger partial charge in [-0.25, -0.2) is 12.8 Å². The van der Waals surface area contributed by atoms with Gasteiger partial charge >= 0.3 is 5.97 Å². The van der Waals surface area contributed by atoms with Gasteiger partial charge in [-0.3, -0.25) is 4.79 Å². The van der Waals surface area contributed by atoms with Crippen molar-refractivity contribution < 1.29 is 32.2 Å². The van der Waals surface area contributed by atoms with Crippen LogP contribution in [0.15, 0.2) is 23.1 Å². The first kappa shape index (κ1) is 17.3. The molecular formula is C12H16FNO6S. The maximum atomic E-state index is 13.3. The summed E-state index contributed by atoms with van der Waals surface area (Å²) in [7, 11) is -2.79. The molecule has 2 N–H and O–H groups in total. The van der Waals surface area contributed by atoms with Crippen molar-refractivity contribution in [2.75, 3.05) is 20.3 Å². The number of carboxylic acids is 1. The molecule has 0 unspecified atom stereocenters. The maximum absolute atomic E-state index is 13.3. The van der Waals surface area contributed by atoms with Crippen LogP contribution in [-0.4, -0.2) is 45.9 Å². The third-order valence-electron chi connectivity index (χ3n) is 2.44. The van der Waals surface area contributed by atoms with Crippen molar-refractivity contribution in [2.45, 2.75) is 17.9 Å². The van der Waals surface area contributed by atoms with Crippen molar-refractivity contribution >= 4 is 16.0 Å². The molecule has 0 aromatic heterocycles. The zero-order valence-electron chi connectivity index (χ0n) is 11.5. The lowest BCUT2D eigenvalue weighted by atomic mass is 10.3. The molecule has 0 saturated heterocycles. The van der Waals surface area contributed by atoms with E-state index in [1.165, 1.54) is 7.11 Å². The summed E-state index contributed by atoms with van der Waals surface area (Å²) in [6, 6.07) is 1.61. The topological polar surface area (TPSA) is 102 Å². The Hall–Kier alpha value is -1.71. The van der Waals surface area contributed by atoms with Gasteiger partial charge in [-0.15, -0.1) is 0 Å². The molecule has 0 aliphatic rings. The monoisotopic (exact) mass is 321 g/mol. The molecular weight excluding hydrogens is 305 g/mol. The quantitative estimate of drug-likeness (QED) is 0.680. The van der Waals surface area contributed by atoms with Crippen LogP contribution < -0.4 is 9.46 Å². The Bertz CT molecular complexity index is 604. The Balaban J connectivity index is 3.08. The highest BCUT2D eigenvalue weighted by molar-refractivity contribution is 7.89. The first-order valence-electron chi connectivity index (χ1n) is 5.94. The van der Waals surface area contributed by atoms with Gasteiger partial charge in [0.1, 0.15) is 29.1 Å². The van der Waals surface area contributed by atoms with E-state index >= 15 is 0 Å². The molecule has 9 heteroatoms. The van der Waals surface area contributed by atoms with Crippen molar-refractivity contribution in [1.29, 1.82) is 0 Å².